The summed E-state index contributed by atoms with van der Waals surface area (Å²) in [7, 11) is 0. The Morgan fingerprint density at radius 1 is 0.857 bits per heavy atom. The van der Waals surface area contributed by atoms with E-state index in [-0.39, 0.29) is 0 Å². The van der Waals surface area contributed by atoms with Crippen molar-refractivity contribution in [1.82, 2.24) is 20.2 Å². The van der Waals surface area contributed by atoms with E-state index in [1.54, 1.807) is 0 Å². The van der Waals surface area contributed by atoms with Crippen LogP contribution in [0, 0.1) is 0 Å². The van der Waals surface area contributed by atoms with Gasteiger partial charge >= 0.3 is 0 Å². The number of hydrogen-bond donors (Lipinski definition) is 1. The summed E-state index contributed by atoms with van der Waals surface area (Å²) < 4.78 is 5.91. The number of benzene rings is 2. The fourth-order valence-electron chi connectivity index (χ4n) is 3.53. The number of fused-ring (bicyclic) bond motifs is 1. The van der Waals surface area contributed by atoms with Gasteiger partial charge < -0.3 is 10.1 Å². The van der Waals surface area contributed by atoms with E-state index in [4.69, 9.17) is 4.74 Å². The molecule has 3 heterocycles. The number of aromatic nitrogens is 3. The highest BCUT2D eigenvalue weighted by atomic mass is 16.5. The minimum Gasteiger partial charge on any atom is -0.457 e. The van der Waals surface area contributed by atoms with Crippen molar-refractivity contribution in [3.63, 3.8) is 0 Å². The quantitative estimate of drug-likeness (QED) is 0.596. The highest BCUT2D eigenvalue weighted by Gasteiger charge is 2.17. The van der Waals surface area contributed by atoms with Crippen LogP contribution in [-0.4, -0.2) is 41.1 Å². The van der Waals surface area contributed by atoms with Crippen LogP contribution in [0.3, 0.4) is 0 Å². The third kappa shape index (κ3) is 3.18. The Hall–Kier alpha value is -3.38. The number of para-hydroxylation sites is 1. The van der Waals surface area contributed by atoms with E-state index >= 15 is 0 Å². The zero-order chi connectivity index (χ0) is 18.8. The van der Waals surface area contributed by atoms with Gasteiger partial charge in [-0.3, -0.25) is 9.99 Å². The van der Waals surface area contributed by atoms with Crippen LogP contribution in [0.2, 0.25) is 0 Å². The van der Waals surface area contributed by atoms with Crippen LogP contribution in [0.4, 0.5) is 0 Å². The topological polar surface area (TPSA) is 55.2 Å². The molecule has 140 valence electrons. The summed E-state index contributed by atoms with van der Waals surface area (Å²) in [5.74, 6) is 1.63. The molecule has 0 radical (unpaired) electrons. The van der Waals surface area contributed by atoms with Crippen LogP contribution in [0.1, 0.15) is 0 Å². The van der Waals surface area contributed by atoms with Gasteiger partial charge in [-0.2, -0.15) is 9.89 Å². The van der Waals surface area contributed by atoms with E-state index in [1.165, 1.54) is 0 Å². The first-order valence-corrected chi connectivity index (χ1v) is 9.50. The molecule has 28 heavy (non-hydrogen) atoms. The van der Waals surface area contributed by atoms with Gasteiger partial charge in [0.05, 0.1) is 11.9 Å². The largest absolute Gasteiger partial charge is 0.457 e. The molecule has 0 bridgehead atoms. The van der Waals surface area contributed by atoms with E-state index in [0.29, 0.717) is 0 Å². The lowest BCUT2D eigenvalue weighted by Crippen LogP contribution is -2.49. The molecular formula is C22H21N5O. The zero-order valence-electron chi connectivity index (χ0n) is 15.5. The summed E-state index contributed by atoms with van der Waals surface area (Å²) in [5, 5.41) is 11.4. The maximum Gasteiger partial charge on any atom is 0.127 e. The minimum atomic E-state index is 0.803. The number of rotatable bonds is 4. The smallest absolute Gasteiger partial charge is 0.127 e. The summed E-state index contributed by atoms with van der Waals surface area (Å²) in [6.07, 6.45) is 3.76. The van der Waals surface area contributed by atoms with Gasteiger partial charge in [-0.15, -0.1) is 0 Å². The van der Waals surface area contributed by atoms with Crippen molar-refractivity contribution >= 4 is 10.9 Å². The lowest BCUT2D eigenvalue weighted by molar-refractivity contribution is 0.470. The molecule has 1 saturated heterocycles. The Morgan fingerprint density at radius 2 is 1.61 bits per heavy atom. The van der Waals surface area contributed by atoms with E-state index < -0.39 is 0 Å². The summed E-state index contributed by atoms with van der Waals surface area (Å²) in [5.41, 5.74) is 3.02. The first kappa shape index (κ1) is 16.8. The molecule has 2 aromatic heterocycles. The number of piperazine rings is 1. The SMILES string of the molecule is c1ccc(Oc2ccc(-c3nccc4cnn(N5CCNCC5)c34)cc2)cc1. The van der Waals surface area contributed by atoms with Gasteiger partial charge in [0, 0.05) is 43.3 Å². The molecular weight excluding hydrogens is 350 g/mol. The number of pyridine rings is 1. The van der Waals surface area contributed by atoms with Crippen molar-refractivity contribution in [2.24, 2.45) is 0 Å². The molecule has 1 aliphatic heterocycles. The predicted octanol–water partition coefficient (Wildman–Crippen LogP) is 3.43. The highest BCUT2D eigenvalue weighted by molar-refractivity contribution is 5.91. The third-order valence-corrected chi connectivity index (χ3v) is 4.93. The second-order valence-electron chi connectivity index (χ2n) is 6.77. The van der Waals surface area contributed by atoms with Crippen molar-refractivity contribution in [2.75, 3.05) is 31.2 Å². The van der Waals surface area contributed by atoms with Gasteiger partial charge in [-0.25, -0.2) is 0 Å². The van der Waals surface area contributed by atoms with Crippen LogP contribution >= 0.6 is 0 Å². The third-order valence-electron chi connectivity index (χ3n) is 4.93. The Bertz CT molecular complexity index is 1070. The Morgan fingerprint density at radius 3 is 2.39 bits per heavy atom. The van der Waals surface area contributed by atoms with Crippen LogP contribution in [-0.2, 0) is 0 Å². The van der Waals surface area contributed by atoms with Crippen molar-refractivity contribution in [3.8, 4) is 22.8 Å². The van der Waals surface area contributed by atoms with Crippen molar-refractivity contribution in [2.45, 2.75) is 0 Å². The number of hydrogen-bond acceptors (Lipinski definition) is 5. The van der Waals surface area contributed by atoms with Crippen molar-refractivity contribution in [3.05, 3.63) is 73.1 Å². The van der Waals surface area contributed by atoms with Gasteiger partial charge in [-0.05, 0) is 42.5 Å². The second-order valence-corrected chi connectivity index (χ2v) is 6.77. The molecule has 0 atom stereocenters. The zero-order valence-corrected chi connectivity index (χ0v) is 15.5. The summed E-state index contributed by atoms with van der Waals surface area (Å²) in [6.45, 7) is 3.77. The molecule has 6 heteroatoms. The van der Waals surface area contributed by atoms with Gasteiger partial charge in [0.2, 0.25) is 0 Å². The molecule has 0 spiro atoms. The van der Waals surface area contributed by atoms with Gasteiger partial charge in [0.1, 0.15) is 17.0 Å². The molecule has 1 N–H and O–H groups in total. The molecule has 0 aliphatic carbocycles. The molecule has 0 saturated carbocycles. The van der Waals surface area contributed by atoms with E-state index in [0.717, 1.165) is 59.8 Å². The lowest BCUT2D eigenvalue weighted by Gasteiger charge is -2.29. The first-order chi connectivity index (χ1) is 13.9. The van der Waals surface area contributed by atoms with Crippen LogP contribution in [0.25, 0.3) is 22.2 Å². The monoisotopic (exact) mass is 371 g/mol. The van der Waals surface area contributed by atoms with E-state index in [2.05, 4.69) is 32.5 Å². The second kappa shape index (κ2) is 7.32. The van der Waals surface area contributed by atoms with Crippen LogP contribution in [0.5, 0.6) is 11.5 Å². The van der Waals surface area contributed by atoms with Gasteiger partial charge in [0.25, 0.3) is 0 Å². The molecule has 4 aromatic rings. The number of nitrogens with zero attached hydrogens (tertiary/aromatic N) is 4. The Labute approximate surface area is 163 Å². The average molecular weight is 371 g/mol. The van der Waals surface area contributed by atoms with Crippen molar-refractivity contribution in [1.29, 1.82) is 0 Å². The Balaban J connectivity index is 1.49. The minimum absolute atomic E-state index is 0.803. The number of nitrogens with one attached hydrogen (secondary N) is 1. The van der Waals surface area contributed by atoms with Gasteiger partial charge in [0.15, 0.2) is 0 Å². The average Bonchev–Trinajstić information content (AvgIpc) is 3.20. The number of ether oxygens (including phenoxy) is 1. The van der Waals surface area contributed by atoms with Crippen LogP contribution in [0.15, 0.2) is 73.1 Å². The highest BCUT2D eigenvalue weighted by Crippen LogP contribution is 2.29. The molecule has 1 aliphatic rings. The van der Waals surface area contributed by atoms with E-state index in [1.807, 2.05) is 65.7 Å². The summed E-state index contributed by atoms with van der Waals surface area (Å²) in [6, 6.07) is 19.9. The van der Waals surface area contributed by atoms with Crippen molar-refractivity contribution < 1.29 is 4.74 Å². The Kier molecular flexibility index (Phi) is 4.39. The fraction of sp³-hybridized carbons (Fsp3) is 0.182. The first-order valence-electron chi connectivity index (χ1n) is 9.50. The van der Waals surface area contributed by atoms with Gasteiger partial charge in [-0.1, -0.05) is 18.2 Å². The molecule has 5 rings (SSSR count). The lowest BCUT2D eigenvalue weighted by atomic mass is 10.1. The standard InChI is InChI=1S/C22H21N5O/c1-2-4-19(5-3-1)28-20-8-6-17(7-9-20)21-22-18(10-11-24-21)16-25-27(22)26-14-12-23-13-15-26/h1-11,16,23H,12-15H2. The molecule has 6 nitrogen and oxygen atoms in total. The maximum absolute atomic E-state index is 5.91. The maximum atomic E-state index is 5.91. The molecule has 0 unspecified atom stereocenters. The normalized spacial score (nSPS) is 14.4. The molecule has 0 amide bonds. The fourth-order valence-corrected chi connectivity index (χ4v) is 3.53. The molecule has 2 aromatic carbocycles. The van der Waals surface area contributed by atoms with Crippen LogP contribution < -0.4 is 15.1 Å². The predicted molar refractivity (Wildman–Crippen MR) is 110 cm³/mol. The molecule has 1 fully saturated rings. The summed E-state index contributed by atoms with van der Waals surface area (Å²) >= 11 is 0. The summed E-state index contributed by atoms with van der Waals surface area (Å²) in [4.78, 5) is 6.68. The van der Waals surface area contributed by atoms with E-state index in [9.17, 15) is 0 Å².